The van der Waals surface area contributed by atoms with E-state index in [9.17, 15) is 0 Å². The first kappa shape index (κ1) is 21.8. The van der Waals surface area contributed by atoms with E-state index in [2.05, 4.69) is 67.2 Å². The van der Waals surface area contributed by atoms with Gasteiger partial charge in [0.1, 0.15) is 24.0 Å². The monoisotopic (exact) mass is 476 g/mol. The van der Waals surface area contributed by atoms with Gasteiger partial charge in [0.2, 0.25) is 5.69 Å². The Kier molecular flexibility index (Phi) is 5.02. The Morgan fingerprint density at radius 2 is 1.58 bits per heavy atom. The van der Waals surface area contributed by atoms with Crippen molar-refractivity contribution >= 4 is 21.9 Å². The number of hydrogen-bond acceptors (Lipinski definition) is 1. The molecule has 2 heterocycles. The summed E-state index contributed by atoms with van der Waals surface area (Å²) in [5.74, 6) is 1.30. The molecule has 0 saturated heterocycles. The number of pyridine rings is 1. The van der Waals surface area contributed by atoms with Gasteiger partial charge in [-0.3, -0.25) is 0 Å². The molecule has 2 aromatic heterocycles. The van der Waals surface area contributed by atoms with E-state index >= 15 is 4.39 Å². The number of hydrogen-bond donors (Lipinski definition) is 0. The third-order valence-corrected chi connectivity index (χ3v) is 8.84. The van der Waals surface area contributed by atoms with Gasteiger partial charge in [0.25, 0.3) is 0 Å². The minimum Gasteiger partial charge on any atom is -0.454 e. The molecular formula is C33H31FNO+. The molecule has 0 radical (unpaired) electrons. The zero-order chi connectivity index (χ0) is 24.4. The molecule has 0 amide bonds. The van der Waals surface area contributed by atoms with Gasteiger partial charge < -0.3 is 4.42 Å². The minimum absolute atomic E-state index is 0.206. The topological polar surface area (TPSA) is 17.0 Å². The number of aromatic nitrogens is 1. The van der Waals surface area contributed by atoms with E-state index in [0.29, 0.717) is 17.1 Å². The summed E-state index contributed by atoms with van der Waals surface area (Å²) in [5.41, 5.74) is 9.14. The average molecular weight is 477 g/mol. The van der Waals surface area contributed by atoms with Crippen LogP contribution in [-0.4, -0.2) is 0 Å². The van der Waals surface area contributed by atoms with Gasteiger partial charge in [-0.1, -0.05) is 56.0 Å². The lowest BCUT2D eigenvalue weighted by Crippen LogP contribution is -2.30. The Hall–Kier alpha value is -3.46. The molecule has 0 bridgehead atoms. The fourth-order valence-corrected chi connectivity index (χ4v) is 7.01. The lowest BCUT2D eigenvalue weighted by Gasteiger charge is -2.17. The number of rotatable bonds is 3. The van der Waals surface area contributed by atoms with Gasteiger partial charge in [-0.25, -0.2) is 8.96 Å². The Morgan fingerprint density at radius 1 is 0.806 bits per heavy atom. The van der Waals surface area contributed by atoms with Gasteiger partial charge in [0, 0.05) is 22.9 Å². The maximum Gasteiger partial charge on any atom is 0.216 e. The number of aryl methyl sites for hydroxylation is 2. The standard InChI is InChI=1S/C33H31FNO/c1-20-13-14-25-26-15-16-28(34)31(33(26)36-32(25)30(20)29-12-5-6-17-35(29)2)24-11-7-10-22-18-23(19-27(22)24)21-8-3-4-9-21/h5-7,10-17,21,23H,3-4,8-9,18-19H2,1-2H3/q+1. The molecule has 1 saturated carbocycles. The fourth-order valence-electron chi connectivity index (χ4n) is 7.01. The van der Waals surface area contributed by atoms with Gasteiger partial charge in [0.15, 0.2) is 6.20 Å². The van der Waals surface area contributed by atoms with Crippen LogP contribution in [0.15, 0.2) is 71.3 Å². The molecule has 180 valence electrons. The predicted octanol–water partition coefficient (Wildman–Crippen LogP) is 8.10. The van der Waals surface area contributed by atoms with Crippen molar-refractivity contribution < 1.29 is 13.4 Å². The molecule has 0 aliphatic heterocycles. The van der Waals surface area contributed by atoms with Gasteiger partial charge in [-0.2, -0.15) is 0 Å². The van der Waals surface area contributed by atoms with Crippen molar-refractivity contribution in [1.82, 2.24) is 0 Å². The molecule has 36 heavy (non-hydrogen) atoms. The smallest absolute Gasteiger partial charge is 0.216 e. The summed E-state index contributed by atoms with van der Waals surface area (Å²) in [6.45, 7) is 2.11. The highest BCUT2D eigenvalue weighted by Gasteiger charge is 2.33. The van der Waals surface area contributed by atoms with Crippen LogP contribution in [-0.2, 0) is 19.9 Å². The normalized spacial score (nSPS) is 17.9. The van der Waals surface area contributed by atoms with Crippen LogP contribution in [0.3, 0.4) is 0 Å². The first-order valence-corrected chi connectivity index (χ1v) is 13.3. The molecule has 3 aromatic carbocycles. The fraction of sp³-hybridized carbons (Fsp3) is 0.303. The van der Waals surface area contributed by atoms with Crippen molar-refractivity contribution in [2.75, 3.05) is 0 Å². The van der Waals surface area contributed by atoms with E-state index in [1.54, 1.807) is 6.07 Å². The maximum absolute atomic E-state index is 15.7. The van der Waals surface area contributed by atoms with Crippen LogP contribution in [0.5, 0.6) is 0 Å². The maximum atomic E-state index is 15.7. The summed E-state index contributed by atoms with van der Waals surface area (Å²) in [6.07, 6.45) is 9.64. The highest BCUT2D eigenvalue weighted by atomic mass is 19.1. The molecule has 1 fully saturated rings. The van der Waals surface area contributed by atoms with Crippen LogP contribution in [0.1, 0.15) is 42.4 Å². The van der Waals surface area contributed by atoms with Crippen LogP contribution in [0.25, 0.3) is 44.3 Å². The van der Waals surface area contributed by atoms with Crippen LogP contribution >= 0.6 is 0 Å². The second-order valence-electron chi connectivity index (χ2n) is 10.9. The second kappa shape index (κ2) is 8.30. The number of halogens is 1. The molecule has 0 N–H and O–H groups in total. The average Bonchev–Trinajstić information content (AvgIpc) is 3.62. The third kappa shape index (κ3) is 3.25. The highest BCUT2D eigenvalue weighted by molar-refractivity contribution is 6.13. The summed E-state index contributed by atoms with van der Waals surface area (Å²) >= 11 is 0. The van der Waals surface area contributed by atoms with Crippen molar-refractivity contribution in [3.05, 3.63) is 89.4 Å². The van der Waals surface area contributed by atoms with E-state index < -0.39 is 0 Å². The summed E-state index contributed by atoms with van der Waals surface area (Å²) in [4.78, 5) is 0. The Bertz CT molecular complexity index is 1640. The van der Waals surface area contributed by atoms with Crippen molar-refractivity contribution in [3.8, 4) is 22.4 Å². The largest absolute Gasteiger partial charge is 0.454 e. The number of fused-ring (bicyclic) bond motifs is 4. The van der Waals surface area contributed by atoms with E-state index in [-0.39, 0.29) is 5.82 Å². The molecule has 5 aromatic rings. The van der Waals surface area contributed by atoms with Crippen LogP contribution in [0.4, 0.5) is 4.39 Å². The van der Waals surface area contributed by atoms with Gasteiger partial charge in [-0.05, 0) is 72.1 Å². The molecule has 3 heteroatoms. The lowest BCUT2D eigenvalue weighted by molar-refractivity contribution is -0.660. The van der Waals surface area contributed by atoms with Crippen molar-refractivity contribution in [3.63, 3.8) is 0 Å². The Morgan fingerprint density at radius 3 is 2.39 bits per heavy atom. The molecule has 1 unspecified atom stereocenters. The summed E-state index contributed by atoms with van der Waals surface area (Å²) < 4.78 is 24.5. The molecule has 1 atom stereocenters. The van der Waals surface area contributed by atoms with Gasteiger partial charge in [0.05, 0.1) is 11.1 Å². The summed E-state index contributed by atoms with van der Waals surface area (Å²) in [5, 5.41) is 2.01. The minimum atomic E-state index is -0.206. The molecule has 2 nitrogen and oxygen atoms in total. The van der Waals surface area contributed by atoms with Crippen molar-refractivity contribution in [2.24, 2.45) is 18.9 Å². The van der Waals surface area contributed by atoms with Crippen molar-refractivity contribution in [2.45, 2.75) is 45.4 Å². The quantitative estimate of drug-likeness (QED) is 0.240. The second-order valence-corrected chi connectivity index (χ2v) is 10.9. The van der Waals surface area contributed by atoms with E-state index in [4.69, 9.17) is 4.42 Å². The van der Waals surface area contributed by atoms with Crippen LogP contribution < -0.4 is 4.57 Å². The van der Waals surface area contributed by atoms with E-state index in [0.717, 1.165) is 57.5 Å². The van der Waals surface area contributed by atoms with Gasteiger partial charge in [-0.15, -0.1) is 0 Å². The number of furan rings is 1. The zero-order valence-corrected chi connectivity index (χ0v) is 21.0. The first-order chi connectivity index (χ1) is 17.6. The van der Waals surface area contributed by atoms with E-state index in [1.165, 1.54) is 36.8 Å². The third-order valence-electron chi connectivity index (χ3n) is 8.84. The molecular weight excluding hydrogens is 445 g/mol. The summed E-state index contributed by atoms with van der Waals surface area (Å²) in [7, 11) is 2.05. The highest BCUT2D eigenvalue weighted by Crippen LogP contribution is 2.46. The summed E-state index contributed by atoms with van der Waals surface area (Å²) in [6, 6.07) is 20.4. The molecule has 2 aliphatic carbocycles. The number of nitrogens with zero attached hydrogens (tertiary/aromatic N) is 1. The Balaban J connectivity index is 1.45. The lowest BCUT2D eigenvalue weighted by atomic mass is 9.88. The molecule has 2 aliphatic rings. The zero-order valence-electron chi connectivity index (χ0n) is 21.0. The van der Waals surface area contributed by atoms with Crippen LogP contribution in [0, 0.1) is 24.6 Å². The Labute approximate surface area is 211 Å². The predicted molar refractivity (Wildman–Crippen MR) is 143 cm³/mol. The van der Waals surface area contributed by atoms with Crippen LogP contribution in [0.2, 0.25) is 0 Å². The molecule has 0 spiro atoms. The molecule has 7 rings (SSSR count). The SMILES string of the molecule is Cc1ccc2c(oc3c(-c4cccc5c4CC(C4CCCC4)C5)c(F)ccc32)c1-c1cccc[n+]1C. The van der Waals surface area contributed by atoms with Crippen molar-refractivity contribution in [1.29, 1.82) is 0 Å². The van der Waals surface area contributed by atoms with Gasteiger partial charge >= 0.3 is 0 Å². The number of benzene rings is 3. The van der Waals surface area contributed by atoms with E-state index in [1.807, 2.05) is 12.1 Å². The first-order valence-electron chi connectivity index (χ1n) is 13.3.